The van der Waals surface area contributed by atoms with Gasteiger partial charge in [0.25, 0.3) is 5.91 Å². The average molecular weight is 164 g/mol. The molecule has 54 valence electrons. The van der Waals surface area contributed by atoms with Gasteiger partial charge >= 0.3 is 0 Å². The van der Waals surface area contributed by atoms with Crippen molar-refractivity contribution in [2.24, 2.45) is 4.99 Å². The predicted molar refractivity (Wildman–Crippen MR) is 43.6 cm³/mol. The maximum Gasteiger partial charge on any atom is 0.285 e. The number of aliphatic imine (C=N–C) groups is 1. The van der Waals surface area contributed by atoms with Crippen LogP contribution in [0.2, 0.25) is 0 Å². The number of carbonyl (C=O) groups is 1. The summed E-state index contributed by atoms with van der Waals surface area (Å²) in [5, 5.41) is 2.00. The third kappa shape index (κ3) is 2.04. The maximum absolute atomic E-state index is 10.9. The van der Waals surface area contributed by atoms with Gasteiger partial charge in [-0.3, -0.25) is 9.78 Å². The highest BCUT2D eigenvalue weighted by molar-refractivity contribution is 7.78. The van der Waals surface area contributed by atoms with Crippen LogP contribution in [0.4, 0.5) is 0 Å². The fourth-order valence-corrected chi connectivity index (χ4v) is 0.683. The Kier molecular flexibility index (Phi) is 2.60. The van der Waals surface area contributed by atoms with E-state index in [9.17, 15) is 4.79 Å². The van der Waals surface area contributed by atoms with Crippen LogP contribution < -0.4 is 0 Å². The number of rotatable bonds is 1. The molecule has 0 aliphatic carbocycles. The molecule has 0 unspecified atom stereocenters. The van der Waals surface area contributed by atoms with E-state index in [4.69, 9.17) is 0 Å². The molecule has 1 aromatic heterocycles. The maximum atomic E-state index is 10.9. The van der Waals surface area contributed by atoms with Crippen LogP contribution in [0.1, 0.15) is 10.4 Å². The lowest BCUT2D eigenvalue weighted by atomic mass is 10.3. The number of thiocarbonyl (C=S) groups is 1. The third-order valence-electron chi connectivity index (χ3n) is 1.07. The topological polar surface area (TPSA) is 42.3 Å². The van der Waals surface area contributed by atoms with Crippen LogP contribution >= 0.6 is 12.2 Å². The molecule has 11 heavy (non-hydrogen) atoms. The van der Waals surface area contributed by atoms with E-state index in [2.05, 4.69) is 22.2 Å². The van der Waals surface area contributed by atoms with Crippen molar-refractivity contribution in [1.82, 2.24) is 4.98 Å². The van der Waals surface area contributed by atoms with Crippen molar-refractivity contribution in [3.05, 3.63) is 30.1 Å². The van der Waals surface area contributed by atoms with Gasteiger partial charge < -0.3 is 0 Å². The highest BCUT2D eigenvalue weighted by Gasteiger charge is 1.99. The summed E-state index contributed by atoms with van der Waals surface area (Å²) in [6.07, 6.45) is 3.04. The number of nitrogens with zero attached hydrogens (tertiary/aromatic N) is 2. The van der Waals surface area contributed by atoms with Gasteiger partial charge in [-0.2, -0.15) is 4.99 Å². The minimum Gasteiger partial charge on any atom is -0.266 e. The van der Waals surface area contributed by atoms with Crippen molar-refractivity contribution in [3.63, 3.8) is 0 Å². The van der Waals surface area contributed by atoms with Crippen LogP contribution in [-0.2, 0) is 0 Å². The summed E-state index contributed by atoms with van der Waals surface area (Å²) in [7, 11) is 0. The van der Waals surface area contributed by atoms with E-state index in [1.807, 2.05) is 5.16 Å². The number of carbonyl (C=O) groups excluding carboxylic acids is 1. The molecule has 4 heteroatoms. The quantitative estimate of drug-likeness (QED) is 0.464. The van der Waals surface area contributed by atoms with Gasteiger partial charge in [0.2, 0.25) is 0 Å². The standard InChI is InChI=1S/C7H4N2OS/c10-7(9-5-11)6-1-3-8-4-2-6/h1-4H. The van der Waals surface area contributed by atoms with Crippen LogP contribution in [0.15, 0.2) is 29.5 Å². The minimum atomic E-state index is -0.387. The minimum absolute atomic E-state index is 0.387. The molecule has 0 atom stereocenters. The summed E-state index contributed by atoms with van der Waals surface area (Å²) in [4.78, 5) is 18.0. The Morgan fingerprint density at radius 3 is 2.73 bits per heavy atom. The van der Waals surface area contributed by atoms with E-state index < -0.39 is 0 Å². The van der Waals surface area contributed by atoms with Crippen molar-refractivity contribution in [3.8, 4) is 0 Å². The molecule has 0 aliphatic rings. The molecule has 1 rings (SSSR count). The average Bonchev–Trinajstić information content (AvgIpc) is 2.07. The Morgan fingerprint density at radius 1 is 1.55 bits per heavy atom. The monoisotopic (exact) mass is 164 g/mol. The first kappa shape index (κ1) is 7.72. The SMILES string of the molecule is O=C(N=C=S)c1ccncc1. The Morgan fingerprint density at radius 2 is 2.18 bits per heavy atom. The van der Waals surface area contributed by atoms with E-state index in [1.165, 1.54) is 12.4 Å². The summed E-state index contributed by atoms with van der Waals surface area (Å²) in [5.41, 5.74) is 0.470. The van der Waals surface area contributed by atoms with E-state index in [-0.39, 0.29) is 5.91 Å². The van der Waals surface area contributed by atoms with Gasteiger partial charge in [-0.15, -0.1) is 0 Å². The molecule has 0 saturated carbocycles. The Labute approximate surface area is 68.8 Å². The molecule has 1 aromatic rings. The summed E-state index contributed by atoms with van der Waals surface area (Å²) in [6.45, 7) is 0. The summed E-state index contributed by atoms with van der Waals surface area (Å²) in [6, 6.07) is 3.14. The summed E-state index contributed by atoms with van der Waals surface area (Å²) >= 11 is 4.28. The molecular formula is C7H4N2OS. The third-order valence-corrected chi connectivity index (χ3v) is 1.17. The molecule has 0 fully saturated rings. The largest absolute Gasteiger partial charge is 0.285 e. The van der Waals surface area contributed by atoms with E-state index in [0.29, 0.717) is 5.56 Å². The van der Waals surface area contributed by atoms with Crippen molar-refractivity contribution < 1.29 is 4.79 Å². The fraction of sp³-hybridized carbons (Fsp3) is 0. The Hall–Kier alpha value is -1.38. The first-order valence-electron chi connectivity index (χ1n) is 2.87. The van der Waals surface area contributed by atoms with Crippen LogP contribution in [0.5, 0.6) is 0 Å². The van der Waals surface area contributed by atoms with E-state index in [0.717, 1.165) is 0 Å². The zero-order valence-corrected chi connectivity index (χ0v) is 6.34. The van der Waals surface area contributed by atoms with Gasteiger partial charge in [-0.05, 0) is 24.4 Å². The second-order valence-corrected chi connectivity index (χ2v) is 1.93. The lowest BCUT2D eigenvalue weighted by Crippen LogP contribution is -1.92. The van der Waals surface area contributed by atoms with Crippen molar-refractivity contribution in [1.29, 1.82) is 0 Å². The van der Waals surface area contributed by atoms with Gasteiger partial charge in [0.1, 0.15) is 0 Å². The number of hydrogen-bond donors (Lipinski definition) is 0. The molecule has 3 nitrogen and oxygen atoms in total. The molecule has 0 spiro atoms. The van der Waals surface area contributed by atoms with Crippen molar-refractivity contribution in [2.45, 2.75) is 0 Å². The molecular weight excluding hydrogens is 160 g/mol. The second-order valence-electron chi connectivity index (χ2n) is 1.74. The van der Waals surface area contributed by atoms with Crippen LogP contribution in [0.25, 0.3) is 0 Å². The molecule has 0 aliphatic heterocycles. The molecule has 0 radical (unpaired) electrons. The predicted octanol–water partition coefficient (Wildman–Crippen LogP) is 1.32. The van der Waals surface area contributed by atoms with Gasteiger partial charge in [0.05, 0.1) is 5.16 Å². The number of aromatic nitrogens is 1. The van der Waals surface area contributed by atoms with Crippen LogP contribution in [0.3, 0.4) is 0 Å². The van der Waals surface area contributed by atoms with Crippen LogP contribution in [0, 0.1) is 0 Å². The zero-order chi connectivity index (χ0) is 8.10. The number of amides is 1. The van der Waals surface area contributed by atoms with Gasteiger partial charge in [-0.1, -0.05) is 0 Å². The van der Waals surface area contributed by atoms with E-state index in [1.54, 1.807) is 12.1 Å². The summed E-state index contributed by atoms with van der Waals surface area (Å²) < 4.78 is 0. The lowest BCUT2D eigenvalue weighted by molar-refractivity contribution is 0.100. The summed E-state index contributed by atoms with van der Waals surface area (Å²) in [5.74, 6) is -0.387. The molecule has 0 N–H and O–H groups in total. The van der Waals surface area contributed by atoms with Gasteiger partial charge in [-0.25, -0.2) is 0 Å². The number of isothiocyanates is 1. The molecule has 0 bridgehead atoms. The Balaban J connectivity index is 2.94. The Bertz CT molecular complexity index is 303. The first-order chi connectivity index (χ1) is 5.34. The first-order valence-corrected chi connectivity index (χ1v) is 3.27. The van der Waals surface area contributed by atoms with Gasteiger partial charge in [0, 0.05) is 18.0 Å². The highest BCUT2D eigenvalue weighted by atomic mass is 32.1. The normalized spacial score (nSPS) is 8.36. The molecule has 0 aromatic carbocycles. The smallest absolute Gasteiger partial charge is 0.266 e. The fourth-order valence-electron chi connectivity index (χ4n) is 0.600. The molecule has 0 saturated heterocycles. The number of pyridine rings is 1. The van der Waals surface area contributed by atoms with Gasteiger partial charge in [0.15, 0.2) is 0 Å². The number of hydrogen-bond acceptors (Lipinski definition) is 3. The van der Waals surface area contributed by atoms with Crippen LogP contribution in [-0.4, -0.2) is 16.1 Å². The van der Waals surface area contributed by atoms with Crippen molar-refractivity contribution in [2.75, 3.05) is 0 Å². The highest BCUT2D eigenvalue weighted by Crippen LogP contribution is 1.97. The zero-order valence-electron chi connectivity index (χ0n) is 5.52. The molecule has 1 heterocycles. The lowest BCUT2D eigenvalue weighted by Gasteiger charge is -1.88. The van der Waals surface area contributed by atoms with Crippen molar-refractivity contribution >= 4 is 23.3 Å². The molecule has 1 amide bonds. The second kappa shape index (κ2) is 3.71. The van der Waals surface area contributed by atoms with E-state index >= 15 is 0 Å².